The summed E-state index contributed by atoms with van der Waals surface area (Å²) in [5.74, 6) is 0.557. The van der Waals surface area contributed by atoms with Crippen LogP contribution in [-0.4, -0.2) is 23.2 Å². The van der Waals surface area contributed by atoms with Crippen LogP contribution in [0.2, 0.25) is 5.02 Å². The molecule has 0 spiro atoms. The Hall–Kier alpha value is -3.35. The number of nitrogens with zero attached hydrogens (tertiary/aromatic N) is 1. The van der Waals surface area contributed by atoms with E-state index in [0.717, 1.165) is 22.4 Å². The number of carbonyl (C=O) groups excluding carboxylic acids is 1. The first kappa shape index (κ1) is 18.0. The fraction of sp³-hybridized carbons (Fsp3) is 0.0476. The van der Waals surface area contributed by atoms with Crippen LogP contribution in [0.25, 0.3) is 33.7 Å². The Morgan fingerprint density at radius 3 is 2.54 bits per heavy atom. The number of halogens is 1. The predicted octanol–water partition coefficient (Wildman–Crippen LogP) is 4.94. The van der Waals surface area contributed by atoms with Gasteiger partial charge in [0.2, 0.25) is 5.89 Å². The third-order valence-electron chi connectivity index (χ3n) is 4.36. The minimum Gasteiger partial charge on any atom is -0.496 e. The van der Waals surface area contributed by atoms with E-state index in [2.05, 4.69) is 4.98 Å². The van der Waals surface area contributed by atoms with Gasteiger partial charge in [0, 0.05) is 21.7 Å². The molecule has 0 unspecified atom stereocenters. The Balaban J connectivity index is 1.69. The van der Waals surface area contributed by atoms with Gasteiger partial charge < -0.3 is 9.15 Å². The highest BCUT2D eigenvalue weighted by Crippen LogP contribution is 2.34. The van der Waals surface area contributed by atoms with E-state index >= 15 is 0 Å². The maximum Gasteiger partial charge on any atom is 0.274 e. The summed E-state index contributed by atoms with van der Waals surface area (Å²) in [6, 6.07) is 17.9. The van der Waals surface area contributed by atoms with Crippen LogP contribution in [0.15, 0.2) is 65.1 Å². The molecule has 1 heterocycles. The number of hydroxylamine groups is 1. The molecule has 0 aliphatic carbocycles. The lowest BCUT2D eigenvalue weighted by Crippen LogP contribution is -2.18. The summed E-state index contributed by atoms with van der Waals surface area (Å²) in [6.45, 7) is 0. The third-order valence-corrected chi connectivity index (χ3v) is 4.59. The number of methoxy groups -OCH3 is 1. The maximum atomic E-state index is 11.5. The van der Waals surface area contributed by atoms with Gasteiger partial charge in [0.25, 0.3) is 5.91 Å². The number of nitrogens with one attached hydrogen (secondary N) is 1. The highest BCUT2D eigenvalue weighted by atomic mass is 35.5. The van der Waals surface area contributed by atoms with Gasteiger partial charge in [-0.3, -0.25) is 10.0 Å². The van der Waals surface area contributed by atoms with Gasteiger partial charge in [-0.05, 0) is 54.1 Å². The van der Waals surface area contributed by atoms with Crippen molar-refractivity contribution in [3.63, 3.8) is 0 Å². The number of rotatable bonds is 4. The van der Waals surface area contributed by atoms with Crippen LogP contribution in [0.5, 0.6) is 5.75 Å². The smallest absolute Gasteiger partial charge is 0.274 e. The molecule has 140 valence electrons. The summed E-state index contributed by atoms with van der Waals surface area (Å²) in [5, 5.41) is 9.38. The van der Waals surface area contributed by atoms with Gasteiger partial charge in [0.15, 0.2) is 5.58 Å². The summed E-state index contributed by atoms with van der Waals surface area (Å²) in [6.07, 6.45) is 0. The standard InChI is InChI=1S/C21H15ClN2O4/c1-27-18-9-7-15(22)11-16(18)12-2-4-13(5-3-12)21-23-17-10-14(20(25)24-26)6-8-19(17)28-21/h2-11,26H,1H3,(H,24,25). The molecule has 28 heavy (non-hydrogen) atoms. The van der Waals surface area contributed by atoms with Crippen molar-refractivity contribution in [1.29, 1.82) is 0 Å². The number of ether oxygens (including phenoxy) is 1. The van der Waals surface area contributed by atoms with Crippen molar-refractivity contribution in [2.24, 2.45) is 0 Å². The quantitative estimate of drug-likeness (QED) is 0.378. The van der Waals surface area contributed by atoms with Crippen LogP contribution in [0.4, 0.5) is 0 Å². The summed E-state index contributed by atoms with van der Waals surface area (Å²) in [4.78, 5) is 16.0. The highest BCUT2D eigenvalue weighted by molar-refractivity contribution is 6.31. The van der Waals surface area contributed by atoms with Crippen molar-refractivity contribution in [3.8, 4) is 28.3 Å². The molecule has 4 rings (SSSR count). The highest BCUT2D eigenvalue weighted by Gasteiger charge is 2.13. The van der Waals surface area contributed by atoms with Crippen molar-refractivity contribution in [3.05, 3.63) is 71.2 Å². The minimum absolute atomic E-state index is 0.290. The fourth-order valence-corrected chi connectivity index (χ4v) is 3.13. The number of hydrogen-bond acceptors (Lipinski definition) is 5. The normalized spacial score (nSPS) is 10.8. The Kier molecular flexibility index (Phi) is 4.73. The monoisotopic (exact) mass is 394 g/mol. The molecule has 0 radical (unpaired) electrons. The van der Waals surface area contributed by atoms with Crippen LogP contribution < -0.4 is 10.2 Å². The minimum atomic E-state index is -0.605. The van der Waals surface area contributed by atoms with E-state index in [1.54, 1.807) is 36.9 Å². The predicted molar refractivity (Wildman–Crippen MR) is 106 cm³/mol. The lowest BCUT2D eigenvalue weighted by Gasteiger charge is -2.09. The van der Waals surface area contributed by atoms with Crippen LogP contribution >= 0.6 is 11.6 Å². The Labute approximate surface area is 165 Å². The molecule has 0 aliphatic heterocycles. The Morgan fingerprint density at radius 1 is 1.07 bits per heavy atom. The number of benzene rings is 3. The van der Waals surface area contributed by atoms with Crippen LogP contribution in [0, 0.1) is 0 Å². The zero-order valence-corrected chi connectivity index (χ0v) is 15.5. The molecule has 1 aromatic heterocycles. The number of amides is 1. The van der Waals surface area contributed by atoms with Crippen molar-refractivity contribution < 1.29 is 19.2 Å². The van der Waals surface area contributed by atoms with Gasteiger partial charge in [0.1, 0.15) is 11.3 Å². The SMILES string of the molecule is COc1ccc(Cl)cc1-c1ccc(-c2nc3cc(C(=O)NO)ccc3o2)cc1. The van der Waals surface area contributed by atoms with E-state index in [-0.39, 0.29) is 0 Å². The van der Waals surface area contributed by atoms with Crippen molar-refractivity contribution >= 4 is 28.6 Å². The van der Waals surface area contributed by atoms with Crippen LogP contribution in [-0.2, 0) is 0 Å². The van der Waals surface area contributed by atoms with Gasteiger partial charge in [0.05, 0.1) is 7.11 Å². The molecule has 0 saturated carbocycles. The lowest BCUT2D eigenvalue weighted by molar-refractivity contribution is 0.0706. The number of carbonyl (C=O) groups is 1. The van der Waals surface area contributed by atoms with Crippen LogP contribution in [0.3, 0.4) is 0 Å². The third kappa shape index (κ3) is 3.31. The second-order valence-corrected chi connectivity index (χ2v) is 6.50. The average Bonchev–Trinajstić information content (AvgIpc) is 3.16. The van der Waals surface area contributed by atoms with E-state index in [4.69, 9.17) is 26.0 Å². The molecule has 2 N–H and O–H groups in total. The number of fused-ring (bicyclic) bond motifs is 1. The Morgan fingerprint density at radius 2 is 1.82 bits per heavy atom. The van der Waals surface area contributed by atoms with Crippen molar-refractivity contribution in [1.82, 2.24) is 10.5 Å². The fourth-order valence-electron chi connectivity index (χ4n) is 2.95. The second-order valence-electron chi connectivity index (χ2n) is 6.06. The molecule has 0 bridgehead atoms. The lowest BCUT2D eigenvalue weighted by atomic mass is 10.0. The van der Waals surface area contributed by atoms with Crippen molar-refractivity contribution in [2.75, 3.05) is 7.11 Å². The number of aromatic nitrogens is 1. The zero-order valence-electron chi connectivity index (χ0n) is 14.8. The van der Waals surface area contributed by atoms with Gasteiger partial charge in [-0.2, -0.15) is 0 Å². The largest absolute Gasteiger partial charge is 0.496 e. The van der Waals surface area contributed by atoms with E-state index in [9.17, 15) is 4.79 Å². The summed E-state index contributed by atoms with van der Waals surface area (Å²) in [7, 11) is 1.62. The van der Waals surface area contributed by atoms with Gasteiger partial charge in [-0.25, -0.2) is 10.5 Å². The molecule has 0 fully saturated rings. The van der Waals surface area contributed by atoms with Crippen molar-refractivity contribution in [2.45, 2.75) is 0 Å². The summed E-state index contributed by atoms with van der Waals surface area (Å²) in [5.41, 5.74) is 5.58. The van der Waals surface area contributed by atoms with E-state index in [0.29, 0.717) is 27.6 Å². The summed E-state index contributed by atoms with van der Waals surface area (Å²) >= 11 is 6.12. The molecule has 0 aliphatic rings. The van der Waals surface area contributed by atoms with E-state index in [1.807, 2.05) is 36.4 Å². The molecule has 6 nitrogen and oxygen atoms in total. The molecule has 7 heteroatoms. The first-order valence-corrected chi connectivity index (χ1v) is 8.76. The number of hydrogen-bond donors (Lipinski definition) is 2. The zero-order chi connectivity index (χ0) is 19.7. The molecule has 1 amide bonds. The molecule has 4 aromatic rings. The second kappa shape index (κ2) is 7.34. The first-order valence-electron chi connectivity index (χ1n) is 8.38. The molecule has 3 aromatic carbocycles. The van der Waals surface area contributed by atoms with Gasteiger partial charge in [-0.1, -0.05) is 23.7 Å². The Bertz CT molecular complexity index is 1170. The molecular formula is C21H15ClN2O4. The van der Waals surface area contributed by atoms with E-state index < -0.39 is 5.91 Å². The summed E-state index contributed by atoms with van der Waals surface area (Å²) < 4.78 is 11.2. The van der Waals surface area contributed by atoms with Gasteiger partial charge >= 0.3 is 0 Å². The maximum absolute atomic E-state index is 11.5. The average molecular weight is 395 g/mol. The van der Waals surface area contributed by atoms with Gasteiger partial charge in [-0.15, -0.1) is 0 Å². The first-order chi connectivity index (χ1) is 13.6. The number of oxazole rings is 1. The topological polar surface area (TPSA) is 84.6 Å². The van der Waals surface area contributed by atoms with Crippen LogP contribution in [0.1, 0.15) is 10.4 Å². The molecule has 0 saturated heterocycles. The molecular weight excluding hydrogens is 380 g/mol. The van der Waals surface area contributed by atoms with E-state index in [1.165, 1.54) is 0 Å². The molecule has 0 atom stereocenters.